The number of rotatable bonds is 7. The van der Waals surface area contributed by atoms with Crippen molar-refractivity contribution in [3.05, 3.63) is 100 Å². The molecule has 0 saturated carbocycles. The topological polar surface area (TPSA) is 85.7 Å². The van der Waals surface area contributed by atoms with E-state index in [9.17, 15) is 27.5 Å². The molecule has 38 heavy (non-hydrogen) atoms. The number of aromatic hydroxyl groups is 1. The summed E-state index contributed by atoms with van der Waals surface area (Å²) >= 11 is 0. The summed E-state index contributed by atoms with van der Waals surface area (Å²) in [5.74, 6) is -0.568. The lowest BCUT2D eigenvalue weighted by Crippen LogP contribution is -2.05. The highest BCUT2D eigenvalue weighted by Gasteiger charge is 2.31. The first-order valence-electron chi connectivity index (χ1n) is 11.5. The first-order valence-corrected chi connectivity index (χ1v) is 11.5. The van der Waals surface area contributed by atoms with Gasteiger partial charge in [0, 0.05) is 11.6 Å². The standard InChI is InChI=1S/C28H19F4NO5/c29-19-11-17(10-18(12-19)28(30,31)32)27-33-20(14-38-27)2-1-9-36-22-7-8-23-25(13-22)37-15-24(26(23)35)16-3-5-21(34)6-4-16/h3-8,10-15,34H,1-2,9H2. The number of alkyl halides is 3. The highest BCUT2D eigenvalue weighted by Crippen LogP contribution is 2.33. The molecule has 0 aliphatic rings. The molecular weight excluding hydrogens is 506 g/mol. The molecule has 0 spiro atoms. The third-order valence-corrected chi connectivity index (χ3v) is 5.79. The molecule has 0 unspecified atom stereocenters. The molecule has 6 nitrogen and oxygen atoms in total. The summed E-state index contributed by atoms with van der Waals surface area (Å²) < 4.78 is 69.2. The average Bonchev–Trinajstić information content (AvgIpc) is 3.36. The molecule has 0 aliphatic heterocycles. The van der Waals surface area contributed by atoms with Gasteiger partial charge in [0.15, 0.2) is 5.43 Å². The summed E-state index contributed by atoms with van der Waals surface area (Å²) in [4.78, 5) is 17.0. The van der Waals surface area contributed by atoms with Crippen LogP contribution in [-0.2, 0) is 12.6 Å². The van der Waals surface area contributed by atoms with E-state index in [1.54, 1.807) is 30.3 Å². The molecule has 0 atom stereocenters. The zero-order chi connectivity index (χ0) is 26.9. The highest BCUT2D eigenvalue weighted by atomic mass is 19.4. The van der Waals surface area contributed by atoms with Crippen LogP contribution in [0.25, 0.3) is 33.6 Å². The average molecular weight is 525 g/mol. The minimum atomic E-state index is -4.69. The summed E-state index contributed by atoms with van der Waals surface area (Å²) in [6.07, 6.45) is -1.11. The van der Waals surface area contributed by atoms with Gasteiger partial charge in [-0.2, -0.15) is 13.2 Å². The molecule has 5 aromatic rings. The summed E-state index contributed by atoms with van der Waals surface area (Å²) in [6.45, 7) is 0.279. The van der Waals surface area contributed by atoms with E-state index in [0.29, 0.717) is 52.4 Å². The van der Waals surface area contributed by atoms with Crippen LogP contribution in [0.5, 0.6) is 11.5 Å². The van der Waals surface area contributed by atoms with Crippen molar-refractivity contribution < 1.29 is 36.2 Å². The largest absolute Gasteiger partial charge is 0.508 e. The van der Waals surface area contributed by atoms with Crippen LogP contribution in [0.1, 0.15) is 17.7 Å². The first kappa shape index (κ1) is 25.1. The maximum absolute atomic E-state index is 13.7. The third kappa shape index (κ3) is 5.39. The molecule has 0 bridgehead atoms. The van der Waals surface area contributed by atoms with Crippen LogP contribution >= 0.6 is 0 Å². The Bertz CT molecular complexity index is 1660. The molecule has 0 saturated heterocycles. The van der Waals surface area contributed by atoms with E-state index in [1.807, 2.05) is 0 Å². The molecule has 0 aliphatic carbocycles. The number of nitrogens with zero attached hydrogens (tertiary/aromatic N) is 1. The second kappa shape index (κ2) is 10.0. The first-order chi connectivity index (χ1) is 18.2. The van der Waals surface area contributed by atoms with Gasteiger partial charge in [0.05, 0.1) is 28.8 Å². The van der Waals surface area contributed by atoms with E-state index in [1.165, 1.54) is 24.7 Å². The quantitative estimate of drug-likeness (QED) is 0.182. The molecule has 0 fully saturated rings. The maximum Gasteiger partial charge on any atom is 0.416 e. The molecule has 5 rings (SSSR count). The number of hydrogen-bond acceptors (Lipinski definition) is 6. The van der Waals surface area contributed by atoms with E-state index >= 15 is 0 Å². The fourth-order valence-electron chi connectivity index (χ4n) is 3.91. The van der Waals surface area contributed by atoms with Gasteiger partial charge < -0.3 is 18.7 Å². The SMILES string of the molecule is O=c1c(-c2ccc(O)cc2)coc2cc(OCCCc3coc(-c4cc(F)cc(C(F)(F)F)c4)n3)ccc12. The molecular formula is C28H19F4NO5. The highest BCUT2D eigenvalue weighted by molar-refractivity contribution is 5.82. The zero-order valence-electron chi connectivity index (χ0n) is 19.6. The molecule has 0 amide bonds. The number of halogens is 4. The molecule has 194 valence electrons. The second-order valence-electron chi connectivity index (χ2n) is 8.51. The van der Waals surface area contributed by atoms with Crippen molar-refractivity contribution in [3.8, 4) is 34.1 Å². The van der Waals surface area contributed by atoms with Crippen molar-refractivity contribution in [1.82, 2.24) is 4.98 Å². The van der Waals surface area contributed by atoms with Crippen LogP contribution in [0.3, 0.4) is 0 Å². The van der Waals surface area contributed by atoms with Gasteiger partial charge in [-0.3, -0.25) is 4.79 Å². The monoisotopic (exact) mass is 525 g/mol. The van der Waals surface area contributed by atoms with Gasteiger partial charge in [0.25, 0.3) is 0 Å². The third-order valence-electron chi connectivity index (χ3n) is 5.79. The van der Waals surface area contributed by atoms with Crippen molar-refractivity contribution in [2.24, 2.45) is 0 Å². The number of fused-ring (bicyclic) bond motifs is 1. The van der Waals surface area contributed by atoms with Gasteiger partial charge in [-0.1, -0.05) is 12.1 Å². The number of aromatic nitrogens is 1. The molecule has 0 radical (unpaired) electrons. The van der Waals surface area contributed by atoms with Crippen LogP contribution in [0.4, 0.5) is 17.6 Å². The Hall–Kier alpha value is -4.60. The number of aryl methyl sites for hydroxylation is 1. The van der Waals surface area contributed by atoms with Crippen molar-refractivity contribution in [2.75, 3.05) is 6.61 Å². The Morgan fingerprint density at radius 2 is 1.71 bits per heavy atom. The van der Waals surface area contributed by atoms with Crippen LogP contribution < -0.4 is 10.2 Å². The summed E-state index contributed by atoms with van der Waals surface area (Å²) in [5.41, 5.74) is 0.372. The Labute approximate surface area is 212 Å². The lowest BCUT2D eigenvalue weighted by atomic mass is 10.1. The lowest BCUT2D eigenvalue weighted by molar-refractivity contribution is -0.137. The van der Waals surface area contributed by atoms with Gasteiger partial charge in [-0.25, -0.2) is 9.37 Å². The van der Waals surface area contributed by atoms with Gasteiger partial charge in [-0.05, 0) is 60.9 Å². The van der Waals surface area contributed by atoms with Crippen LogP contribution in [0.15, 0.2) is 86.8 Å². The molecule has 3 aromatic carbocycles. The summed E-state index contributed by atoms with van der Waals surface area (Å²) in [6, 6.07) is 13.2. The minimum absolute atomic E-state index is 0.0933. The van der Waals surface area contributed by atoms with Crippen LogP contribution in [0, 0.1) is 5.82 Å². The predicted molar refractivity (Wildman–Crippen MR) is 130 cm³/mol. The molecule has 2 heterocycles. The smallest absolute Gasteiger partial charge is 0.416 e. The van der Waals surface area contributed by atoms with Crippen molar-refractivity contribution in [3.63, 3.8) is 0 Å². The van der Waals surface area contributed by atoms with E-state index in [-0.39, 0.29) is 29.2 Å². The van der Waals surface area contributed by atoms with E-state index in [0.717, 1.165) is 12.1 Å². The Morgan fingerprint density at radius 3 is 2.47 bits per heavy atom. The molecule has 2 aromatic heterocycles. The number of benzene rings is 3. The Balaban J connectivity index is 1.21. The van der Waals surface area contributed by atoms with E-state index < -0.39 is 17.6 Å². The zero-order valence-corrected chi connectivity index (χ0v) is 19.6. The van der Waals surface area contributed by atoms with Crippen LogP contribution in [0.2, 0.25) is 0 Å². The van der Waals surface area contributed by atoms with Crippen LogP contribution in [-0.4, -0.2) is 16.7 Å². The van der Waals surface area contributed by atoms with E-state index in [4.69, 9.17) is 13.6 Å². The minimum Gasteiger partial charge on any atom is -0.508 e. The molecule has 10 heteroatoms. The van der Waals surface area contributed by atoms with Gasteiger partial charge >= 0.3 is 6.18 Å². The number of phenolic OH excluding ortho intramolecular Hbond substituents is 1. The number of oxazole rings is 1. The van der Waals surface area contributed by atoms with Crippen molar-refractivity contribution in [2.45, 2.75) is 19.0 Å². The summed E-state index contributed by atoms with van der Waals surface area (Å²) in [7, 11) is 0. The van der Waals surface area contributed by atoms with Gasteiger partial charge in [0.1, 0.15) is 35.4 Å². The normalized spacial score (nSPS) is 11.7. The lowest BCUT2D eigenvalue weighted by Gasteiger charge is -2.08. The fraction of sp³-hybridized carbons (Fsp3) is 0.143. The van der Waals surface area contributed by atoms with Gasteiger partial charge in [-0.15, -0.1) is 0 Å². The predicted octanol–water partition coefficient (Wildman–Crippen LogP) is 6.99. The van der Waals surface area contributed by atoms with Crippen molar-refractivity contribution >= 4 is 11.0 Å². The maximum atomic E-state index is 13.7. The Morgan fingerprint density at radius 1 is 0.921 bits per heavy atom. The molecule has 1 N–H and O–H groups in total. The second-order valence-corrected chi connectivity index (χ2v) is 8.51. The van der Waals surface area contributed by atoms with E-state index in [2.05, 4.69) is 4.98 Å². The fourth-order valence-corrected chi connectivity index (χ4v) is 3.91. The number of hydrogen-bond donors (Lipinski definition) is 1. The van der Waals surface area contributed by atoms with Gasteiger partial charge in [0.2, 0.25) is 5.89 Å². The number of phenols is 1. The Kier molecular flexibility index (Phi) is 6.62. The number of ether oxygens (including phenoxy) is 1. The van der Waals surface area contributed by atoms with Crippen molar-refractivity contribution in [1.29, 1.82) is 0 Å². The summed E-state index contributed by atoms with van der Waals surface area (Å²) in [5, 5.41) is 9.83.